The van der Waals surface area contributed by atoms with Gasteiger partial charge in [-0.1, -0.05) is 6.07 Å². The van der Waals surface area contributed by atoms with Crippen LogP contribution >= 0.6 is 0 Å². The molecule has 23 heavy (non-hydrogen) atoms. The van der Waals surface area contributed by atoms with E-state index in [1.807, 2.05) is 18.2 Å². The van der Waals surface area contributed by atoms with Gasteiger partial charge in [-0.3, -0.25) is 9.78 Å². The molecule has 1 saturated heterocycles. The first-order valence-electron chi connectivity index (χ1n) is 7.66. The SMILES string of the molecule is CN1CCN(c2ncc(C(=O)NCc3ccccn3)cn2)CC1. The normalized spacial score (nSPS) is 15.4. The van der Waals surface area contributed by atoms with E-state index in [2.05, 4.69) is 37.1 Å². The van der Waals surface area contributed by atoms with E-state index in [0.717, 1.165) is 31.9 Å². The number of rotatable bonds is 4. The van der Waals surface area contributed by atoms with E-state index in [1.165, 1.54) is 0 Å². The lowest BCUT2D eigenvalue weighted by atomic mass is 10.3. The number of nitrogens with zero attached hydrogens (tertiary/aromatic N) is 5. The number of carbonyl (C=O) groups is 1. The fourth-order valence-electron chi connectivity index (χ4n) is 2.38. The molecule has 1 aliphatic rings. The Balaban J connectivity index is 1.57. The molecule has 0 radical (unpaired) electrons. The number of amides is 1. The summed E-state index contributed by atoms with van der Waals surface area (Å²) in [7, 11) is 2.10. The van der Waals surface area contributed by atoms with Gasteiger partial charge in [0.05, 0.1) is 17.8 Å². The summed E-state index contributed by atoms with van der Waals surface area (Å²) in [6, 6.07) is 5.60. The van der Waals surface area contributed by atoms with E-state index in [9.17, 15) is 4.79 Å². The molecule has 1 aliphatic heterocycles. The third-order valence-corrected chi connectivity index (χ3v) is 3.84. The molecule has 0 atom stereocenters. The molecule has 1 N–H and O–H groups in total. The van der Waals surface area contributed by atoms with Crippen LogP contribution in [0.25, 0.3) is 0 Å². The van der Waals surface area contributed by atoms with E-state index in [0.29, 0.717) is 18.1 Å². The first-order chi connectivity index (χ1) is 11.2. The van der Waals surface area contributed by atoms with Crippen molar-refractivity contribution in [3.63, 3.8) is 0 Å². The molecule has 1 amide bonds. The van der Waals surface area contributed by atoms with Crippen molar-refractivity contribution in [1.82, 2.24) is 25.2 Å². The number of hydrogen-bond acceptors (Lipinski definition) is 6. The Hall–Kier alpha value is -2.54. The van der Waals surface area contributed by atoms with Gasteiger partial charge in [0.1, 0.15) is 0 Å². The van der Waals surface area contributed by atoms with Gasteiger partial charge in [-0.15, -0.1) is 0 Å². The number of nitrogens with one attached hydrogen (secondary N) is 1. The van der Waals surface area contributed by atoms with Crippen LogP contribution in [0.3, 0.4) is 0 Å². The van der Waals surface area contributed by atoms with Gasteiger partial charge in [0, 0.05) is 44.8 Å². The third kappa shape index (κ3) is 4.01. The highest BCUT2D eigenvalue weighted by Crippen LogP contribution is 2.10. The maximum absolute atomic E-state index is 12.1. The maximum atomic E-state index is 12.1. The monoisotopic (exact) mass is 312 g/mol. The molecule has 0 unspecified atom stereocenters. The van der Waals surface area contributed by atoms with Gasteiger partial charge in [0.25, 0.3) is 5.91 Å². The summed E-state index contributed by atoms with van der Waals surface area (Å²) in [5.41, 5.74) is 1.27. The summed E-state index contributed by atoms with van der Waals surface area (Å²) in [4.78, 5) is 29.3. The molecule has 0 aromatic carbocycles. The Morgan fingerprint density at radius 1 is 1.13 bits per heavy atom. The van der Waals surface area contributed by atoms with Crippen molar-refractivity contribution >= 4 is 11.9 Å². The lowest BCUT2D eigenvalue weighted by Crippen LogP contribution is -2.45. The van der Waals surface area contributed by atoms with Crippen LogP contribution in [0.15, 0.2) is 36.8 Å². The minimum atomic E-state index is -0.194. The lowest BCUT2D eigenvalue weighted by Gasteiger charge is -2.32. The maximum Gasteiger partial charge on any atom is 0.254 e. The number of likely N-dealkylation sites (N-methyl/N-ethyl adjacent to an activating group) is 1. The van der Waals surface area contributed by atoms with Crippen molar-refractivity contribution in [2.75, 3.05) is 38.1 Å². The second-order valence-corrected chi connectivity index (χ2v) is 5.57. The molecular formula is C16H20N6O. The van der Waals surface area contributed by atoms with E-state index in [-0.39, 0.29) is 5.91 Å². The zero-order valence-electron chi connectivity index (χ0n) is 13.1. The highest BCUT2D eigenvalue weighted by atomic mass is 16.1. The van der Waals surface area contributed by atoms with Crippen LogP contribution in [0.4, 0.5) is 5.95 Å². The van der Waals surface area contributed by atoms with Crippen molar-refractivity contribution in [1.29, 1.82) is 0 Å². The molecule has 0 spiro atoms. The summed E-state index contributed by atoms with van der Waals surface area (Å²) >= 11 is 0. The average Bonchev–Trinajstić information content (AvgIpc) is 2.61. The molecule has 3 rings (SSSR count). The van der Waals surface area contributed by atoms with E-state index < -0.39 is 0 Å². The number of piperazine rings is 1. The molecule has 120 valence electrons. The van der Waals surface area contributed by atoms with E-state index in [1.54, 1.807) is 18.6 Å². The summed E-state index contributed by atoms with van der Waals surface area (Å²) < 4.78 is 0. The number of aromatic nitrogens is 3. The molecule has 0 bridgehead atoms. The predicted molar refractivity (Wildman–Crippen MR) is 87.1 cm³/mol. The summed E-state index contributed by atoms with van der Waals surface area (Å²) in [5.74, 6) is 0.486. The van der Waals surface area contributed by atoms with Crippen molar-refractivity contribution in [2.45, 2.75) is 6.54 Å². The average molecular weight is 312 g/mol. The van der Waals surface area contributed by atoms with Gasteiger partial charge in [0.2, 0.25) is 5.95 Å². The minimum absolute atomic E-state index is 0.194. The third-order valence-electron chi connectivity index (χ3n) is 3.84. The number of pyridine rings is 1. The second kappa shape index (κ2) is 7.15. The summed E-state index contributed by atoms with van der Waals surface area (Å²) in [6.07, 6.45) is 4.86. The number of anilines is 1. The number of carbonyl (C=O) groups excluding carboxylic acids is 1. The second-order valence-electron chi connectivity index (χ2n) is 5.57. The Morgan fingerprint density at radius 3 is 2.52 bits per heavy atom. The molecule has 3 heterocycles. The van der Waals surface area contributed by atoms with Crippen LogP contribution in [0.2, 0.25) is 0 Å². The molecule has 0 aliphatic carbocycles. The predicted octanol–water partition coefficient (Wildman–Crippen LogP) is 0.553. The van der Waals surface area contributed by atoms with Crippen LogP contribution in [-0.2, 0) is 6.54 Å². The largest absolute Gasteiger partial charge is 0.346 e. The van der Waals surface area contributed by atoms with Gasteiger partial charge in [-0.05, 0) is 19.2 Å². The Bertz CT molecular complexity index is 637. The van der Waals surface area contributed by atoms with Crippen LogP contribution in [0, 0.1) is 0 Å². The quantitative estimate of drug-likeness (QED) is 0.889. The summed E-state index contributed by atoms with van der Waals surface area (Å²) in [6.45, 7) is 4.19. The van der Waals surface area contributed by atoms with E-state index >= 15 is 0 Å². The van der Waals surface area contributed by atoms with Crippen LogP contribution in [-0.4, -0.2) is 59.0 Å². The molecule has 7 nitrogen and oxygen atoms in total. The molecule has 2 aromatic heterocycles. The van der Waals surface area contributed by atoms with Gasteiger partial charge in [0.15, 0.2) is 0 Å². The fourth-order valence-corrected chi connectivity index (χ4v) is 2.38. The smallest absolute Gasteiger partial charge is 0.254 e. The molecule has 7 heteroatoms. The fraction of sp³-hybridized carbons (Fsp3) is 0.375. The first kappa shape index (κ1) is 15.4. The van der Waals surface area contributed by atoms with Gasteiger partial charge in [-0.2, -0.15) is 0 Å². The van der Waals surface area contributed by atoms with Gasteiger partial charge in [-0.25, -0.2) is 9.97 Å². The minimum Gasteiger partial charge on any atom is -0.346 e. The Labute approximate surface area is 135 Å². The lowest BCUT2D eigenvalue weighted by molar-refractivity contribution is 0.0949. The van der Waals surface area contributed by atoms with Crippen molar-refractivity contribution < 1.29 is 4.79 Å². The van der Waals surface area contributed by atoms with Crippen LogP contribution in [0.1, 0.15) is 16.1 Å². The molecule has 0 saturated carbocycles. The van der Waals surface area contributed by atoms with E-state index in [4.69, 9.17) is 0 Å². The molecule has 1 fully saturated rings. The van der Waals surface area contributed by atoms with Crippen LogP contribution < -0.4 is 10.2 Å². The zero-order valence-corrected chi connectivity index (χ0v) is 13.1. The van der Waals surface area contributed by atoms with Crippen molar-refractivity contribution in [3.8, 4) is 0 Å². The van der Waals surface area contributed by atoms with Crippen molar-refractivity contribution in [2.24, 2.45) is 0 Å². The Morgan fingerprint density at radius 2 is 1.87 bits per heavy atom. The van der Waals surface area contributed by atoms with Gasteiger partial charge < -0.3 is 15.1 Å². The molecule has 2 aromatic rings. The van der Waals surface area contributed by atoms with Crippen molar-refractivity contribution in [3.05, 3.63) is 48.0 Å². The zero-order chi connectivity index (χ0) is 16.1. The summed E-state index contributed by atoms with van der Waals surface area (Å²) in [5, 5.41) is 2.82. The highest BCUT2D eigenvalue weighted by Gasteiger charge is 2.16. The van der Waals surface area contributed by atoms with Gasteiger partial charge >= 0.3 is 0 Å². The van der Waals surface area contributed by atoms with Crippen LogP contribution in [0.5, 0.6) is 0 Å². The number of hydrogen-bond donors (Lipinski definition) is 1. The molecular weight excluding hydrogens is 292 g/mol. The first-order valence-corrected chi connectivity index (χ1v) is 7.66. The standard InChI is InChI=1S/C16H20N6O/c1-21-6-8-22(9-7-21)16-19-10-13(11-20-16)15(23)18-12-14-4-2-3-5-17-14/h2-5,10-11H,6-9,12H2,1H3,(H,18,23). The topological polar surface area (TPSA) is 74.2 Å². The Kier molecular flexibility index (Phi) is 4.77. The highest BCUT2D eigenvalue weighted by molar-refractivity contribution is 5.93.